The van der Waals surface area contributed by atoms with Gasteiger partial charge in [-0.1, -0.05) is 12.1 Å². The SMILES string of the molecule is Cc1cccc(C(=O)Nc2ccc3c(c2)OCO3)c1Br. The molecule has 1 N–H and O–H groups in total. The quantitative estimate of drug-likeness (QED) is 0.910. The zero-order chi connectivity index (χ0) is 14.1. The molecule has 0 atom stereocenters. The van der Waals surface area contributed by atoms with Crippen LogP contribution in [0.1, 0.15) is 15.9 Å². The van der Waals surface area contributed by atoms with Crippen LogP contribution in [0.25, 0.3) is 0 Å². The standard InChI is InChI=1S/C15H12BrNO3/c1-9-3-2-4-11(14(9)16)15(18)17-10-5-6-12-13(7-10)20-8-19-12/h2-7H,8H2,1H3,(H,17,18). The molecule has 0 radical (unpaired) electrons. The molecule has 1 amide bonds. The van der Waals surface area contributed by atoms with E-state index < -0.39 is 0 Å². The van der Waals surface area contributed by atoms with Crippen molar-refractivity contribution in [2.24, 2.45) is 0 Å². The molecule has 0 spiro atoms. The number of aryl methyl sites for hydroxylation is 1. The van der Waals surface area contributed by atoms with Crippen molar-refractivity contribution in [3.8, 4) is 11.5 Å². The summed E-state index contributed by atoms with van der Waals surface area (Å²) in [6, 6.07) is 10.9. The van der Waals surface area contributed by atoms with E-state index >= 15 is 0 Å². The third-order valence-corrected chi connectivity index (χ3v) is 4.12. The van der Waals surface area contributed by atoms with Crippen molar-refractivity contribution in [1.82, 2.24) is 0 Å². The van der Waals surface area contributed by atoms with E-state index in [-0.39, 0.29) is 12.7 Å². The lowest BCUT2D eigenvalue weighted by molar-refractivity contribution is 0.102. The molecule has 5 heteroatoms. The highest BCUT2D eigenvalue weighted by atomic mass is 79.9. The van der Waals surface area contributed by atoms with Crippen LogP contribution >= 0.6 is 15.9 Å². The molecule has 2 aromatic rings. The van der Waals surface area contributed by atoms with Crippen molar-refractivity contribution >= 4 is 27.5 Å². The molecule has 0 aromatic heterocycles. The van der Waals surface area contributed by atoms with Crippen molar-refractivity contribution in [2.45, 2.75) is 6.92 Å². The van der Waals surface area contributed by atoms with Gasteiger partial charge in [0, 0.05) is 16.2 Å². The first-order valence-corrected chi connectivity index (χ1v) is 6.90. The van der Waals surface area contributed by atoms with Crippen LogP contribution in [0.4, 0.5) is 5.69 Å². The molecular weight excluding hydrogens is 322 g/mol. The van der Waals surface area contributed by atoms with Gasteiger partial charge in [0.15, 0.2) is 11.5 Å². The maximum atomic E-state index is 12.3. The van der Waals surface area contributed by atoms with E-state index in [4.69, 9.17) is 9.47 Å². The second-order valence-corrected chi connectivity index (χ2v) is 5.25. The Morgan fingerprint density at radius 3 is 2.85 bits per heavy atom. The second kappa shape index (κ2) is 5.17. The van der Waals surface area contributed by atoms with E-state index in [1.165, 1.54) is 0 Å². The van der Waals surface area contributed by atoms with Gasteiger partial charge in [-0.25, -0.2) is 0 Å². The van der Waals surface area contributed by atoms with Crippen molar-refractivity contribution in [1.29, 1.82) is 0 Å². The zero-order valence-electron chi connectivity index (χ0n) is 10.8. The van der Waals surface area contributed by atoms with Crippen LogP contribution in [0.5, 0.6) is 11.5 Å². The summed E-state index contributed by atoms with van der Waals surface area (Å²) in [5, 5.41) is 2.85. The Morgan fingerprint density at radius 2 is 2.00 bits per heavy atom. The molecule has 0 aliphatic carbocycles. The smallest absolute Gasteiger partial charge is 0.256 e. The van der Waals surface area contributed by atoms with E-state index in [9.17, 15) is 4.79 Å². The monoisotopic (exact) mass is 333 g/mol. The van der Waals surface area contributed by atoms with Crippen LogP contribution < -0.4 is 14.8 Å². The molecule has 20 heavy (non-hydrogen) atoms. The van der Waals surface area contributed by atoms with Gasteiger partial charge in [0.05, 0.1) is 5.56 Å². The molecule has 0 saturated heterocycles. The molecule has 4 nitrogen and oxygen atoms in total. The number of carbonyl (C=O) groups excluding carboxylic acids is 1. The van der Waals surface area contributed by atoms with Crippen molar-refractivity contribution in [2.75, 3.05) is 12.1 Å². The maximum Gasteiger partial charge on any atom is 0.256 e. The minimum absolute atomic E-state index is 0.167. The van der Waals surface area contributed by atoms with Crippen molar-refractivity contribution in [3.05, 3.63) is 52.0 Å². The third kappa shape index (κ3) is 2.36. The van der Waals surface area contributed by atoms with E-state index in [0.29, 0.717) is 22.7 Å². The Bertz CT molecular complexity index is 685. The summed E-state index contributed by atoms with van der Waals surface area (Å²) in [6.07, 6.45) is 0. The van der Waals surface area contributed by atoms with Crippen LogP contribution in [0.2, 0.25) is 0 Å². The average molecular weight is 334 g/mol. The van der Waals surface area contributed by atoms with Gasteiger partial charge in [0.2, 0.25) is 6.79 Å². The maximum absolute atomic E-state index is 12.3. The molecule has 0 saturated carbocycles. The number of nitrogens with one attached hydrogen (secondary N) is 1. The van der Waals surface area contributed by atoms with Gasteiger partial charge in [-0.3, -0.25) is 4.79 Å². The number of ether oxygens (including phenoxy) is 2. The van der Waals surface area contributed by atoms with Crippen molar-refractivity contribution in [3.63, 3.8) is 0 Å². The predicted octanol–water partition coefficient (Wildman–Crippen LogP) is 3.74. The Kier molecular flexibility index (Phi) is 3.36. The number of halogens is 1. The van der Waals surface area contributed by atoms with E-state index in [1.807, 2.05) is 19.1 Å². The summed E-state index contributed by atoms with van der Waals surface area (Å²) in [7, 11) is 0. The molecular formula is C15H12BrNO3. The normalized spacial score (nSPS) is 12.3. The fourth-order valence-electron chi connectivity index (χ4n) is 2.00. The first-order valence-electron chi connectivity index (χ1n) is 6.11. The summed E-state index contributed by atoms with van der Waals surface area (Å²) in [5.74, 6) is 1.17. The predicted molar refractivity (Wildman–Crippen MR) is 79.4 cm³/mol. The summed E-state index contributed by atoms with van der Waals surface area (Å²) >= 11 is 3.44. The van der Waals surface area contributed by atoms with E-state index in [0.717, 1.165) is 10.0 Å². The molecule has 3 rings (SSSR count). The van der Waals surface area contributed by atoms with Gasteiger partial charge in [-0.2, -0.15) is 0 Å². The molecule has 0 fully saturated rings. The Balaban J connectivity index is 1.84. The zero-order valence-corrected chi connectivity index (χ0v) is 12.4. The number of amides is 1. The summed E-state index contributed by atoms with van der Waals surface area (Å²) in [6.45, 7) is 2.16. The molecule has 102 valence electrons. The molecule has 0 unspecified atom stereocenters. The number of hydrogen-bond donors (Lipinski definition) is 1. The van der Waals surface area contributed by atoms with Crippen molar-refractivity contribution < 1.29 is 14.3 Å². The third-order valence-electron chi connectivity index (χ3n) is 3.07. The Hall–Kier alpha value is -2.01. The average Bonchev–Trinajstić information content (AvgIpc) is 2.89. The highest BCUT2D eigenvalue weighted by Gasteiger charge is 2.16. The molecule has 1 aliphatic rings. The van der Waals surface area contributed by atoms with Crippen LogP contribution in [0, 0.1) is 6.92 Å². The van der Waals surface area contributed by atoms with Gasteiger partial charge in [-0.15, -0.1) is 0 Å². The van der Waals surface area contributed by atoms with Gasteiger partial charge < -0.3 is 14.8 Å². The van der Waals surface area contributed by atoms with Crippen LogP contribution in [0.15, 0.2) is 40.9 Å². The number of fused-ring (bicyclic) bond motifs is 1. The van der Waals surface area contributed by atoms with Gasteiger partial charge in [0.1, 0.15) is 0 Å². The summed E-state index contributed by atoms with van der Waals surface area (Å²) in [5.41, 5.74) is 2.29. The van der Waals surface area contributed by atoms with Gasteiger partial charge >= 0.3 is 0 Å². The highest BCUT2D eigenvalue weighted by molar-refractivity contribution is 9.10. The molecule has 1 aliphatic heterocycles. The van der Waals surface area contributed by atoms with Gasteiger partial charge in [-0.05, 0) is 46.6 Å². The van der Waals surface area contributed by atoms with Crippen LogP contribution in [0.3, 0.4) is 0 Å². The number of rotatable bonds is 2. The summed E-state index contributed by atoms with van der Waals surface area (Å²) in [4.78, 5) is 12.3. The first-order chi connectivity index (χ1) is 9.65. The largest absolute Gasteiger partial charge is 0.454 e. The molecule has 1 heterocycles. The Morgan fingerprint density at radius 1 is 1.20 bits per heavy atom. The number of hydrogen-bond acceptors (Lipinski definition) is 3. The lowest BCUT2D eigenvalue weighted by Gasteiger charge is -2.09. The second-order valence-electron chi connectivity index (χ2n) is 4.46. The molecule has 0 bridgehead atoms. The van der Waals surface area contributed by atoms with E-state index in [2.05, 4.69) is 21.2 Å². The molecule has 2 aromatic carbocycles. The van der Waals surface area contributed by atoms with E-state index in [1.54, 1.807) is 24.3 Å². The van der Waals surface area contributed by atoms with Crippen LogP contribution in [-0.2, 0) is 0 Å². The summed E-state index contributed by atoms with van der Waals surface area (Å²) < 4.78 is 11.3. The fraction of sp³-hybridized carbons (Fsp3) is 0.133. The minimum Gasteiger partial charge on any atom is -0.454 e. The first kappa shape index (κ1) is 13.0. The number of benzene rings is 2. The highest BCUT2D eigenvalue weighted by Crippen LogP contribution is 2.34. The van der Waals surface area contributed by atoms with Gasteiger partial charge in [0.25, 0.3) is 5.91 Å². The number of anilines is 1. The fourth-order valence-corrected chi connectivity index (χ4v) is 2.44. The lowest BCUT2D eigenvalue weighted by atomic mass is 10.1. The lowest BCUT2D eigenvalue weighted by Crippen LogP contribution is -2.12. The van der Waals surface area contributed by atoms with Crippen LogP contribution in [-0.4, -0.2) is 12.7 Å². The minimum atomic E-state index is -0.167. The number of carbonyl (C=O) groups is 1. The Labute approximate surface area is 124 Å². The topological polar surface area (TPSA) is 47.6 Å².